The molecule has 2 aromatic rings. The van der Waals surface area contributed by atoms with Crippen LogP contribution in [0.5, 0.6) is 0 Å². The molecule has 1 aliphatic rings. The second kappa shape index (κ2) is 6.17. The summed E-state index contributed by atoms with van der Waals surface area (Å²) >= 11 is 0. The molecule has 1 aromatic carbocycles. The van der Waals surface area contributed by atoms with Gasteiger partial charge in [-0.05, 0) is 43.0 Å². The molecule has 0 bridgehead atoms. The Labute approximate surface area is 129 Å². The maximum absolute atomic E-state index is 10.9. The fourth-order valence-corrected chi connectivity index (χ4v) is 2.82. The van der Waals surface area contributed by atoms with E-state index in [-0.39, 0.29) is 6.42 Å². The standard InChI is InChI=1S/C16H20N4O2/c1-12-6-8-19(9-7-12)13-2-4-14(5-3-13)20-15(10-16(21)22)11-17-18-20/h2-5,11-12H,6-10H2,1H3,(H,21,22). The molecule has 1 N–H and O–H groups in total. The smallest absolute Gasteiger partial charge is 0.309 e. The summed E-state index contributed by atoms with van der Waals surface area (Å²) in [4.78, 5) is 13.3. The van der Waals surface area contributed by atoms with Gasteiger partial charge in [0.1, 0.15) is 0 Å². The summed E-state index contributed by atoms with van der Waals surface area (Å²) in [5.74, 6) is -0.0770. The predicted molar refractivity (Wildman–Crippen MR) is 83.3 cm³/mol. The molecule has 0 atom stereocenters. The first kappa shape index (κ1) is 14.6. The molecule has 0 spiro atoms. The first-order chi connectivity index (χ1) is 10.6. The van der Waals surface area contributed by atoms with Crippen molar-refractivity contribution in [2.45, 2.75) is 26.2 Å². The molecule has 0 radical (unpaired) electrons. The fraction of sp³-hybridized carbons (Fsp3) is 0.438. The number of anilines is 1. The van der Waals surface area contributed by atoms with Crippen molar-refractivity contribution in [2.24, 2.45) is 5.92 Å². The molecule has 1 fully saturated rings. The summed E-state index contributed by atoms with van der Waals surface area (Å²) in [7, 11) is 0. The maximum Gasteiger partial charge on any atom is 0.309 e. The first-order valence-electron chi connectivity index (χ1n) is 7.60. The SMILES string of the molecule is CC1CCN(c2ccc(-n3nncc3CC(=O)O)cc2)CC1. The fourth-order valence-electron chi connectivity index (χ4n) is 2.82. The first-order valence-corrected chi connectivity index (χ1v) is 7.60. The molecule has 6 heteroatoms. The minimum atomic E-state index is -0.886. The minimum Gasteiger partial charge on any atom is -0.481 e. The lowest BCUT2D eigenvalue weighted by molar-refractivity contribution is -0.136. The molecule has 0 aliphatic carbocycles. The molecule has 3 rings (SSSR count). The summed E-state index contributed by atoms with van der Waals surface area (Å²) < 4.78 is 1.58. The normalized spacial score (nSPS) is 16.0. The van der Waals surface area contributed by atoms with Crippen LogP contribution in [0.4, 0.5) is 5.69 Å². The van der Waals surface area contributed by atoms with E-state index in [9.17, 15) is 4.79 Å². The highest BCUT2D eigenvalue weighted by Gasteiger charge is 2.16. The summed E-state index contributed by atoms with van der Waals surface area (Å²) in [6, 6.07) is 8.07. The van der Waals surface area contributed by atoms with Crippen molar-refractivity contribution < 1.29 is 9.90 Å². The summed E-state index contributed by atoms with van der Waals surface area (Å²) in [5.41, 5.74) is 2.62. The van der Waals surface area contributed by atoms with E-state index in [2.05, 4.69) is 34.3 Å². The zero-order valence-corrected chi connectivity index (χ0v) is 12.6. The van der Waals surface area contributed by atoms with E-state index in [0.29, 0.717) is 5.69 Å². The molecule has 116 valence electrons. The van der Waals surface area contributed by atoms with Crippen molar-refractivity contribution in [3.63, 3.8) is 0 Å². The van der Waals surface area contributed by atoms with E-state index >= 15 is 0 Å². The molecular formula is C16H20N4O2. The number of benzene rings is 1. The van der Waals surface area contributed by atoms with Gasteiger partial charge in [-0.3, -0.25) is 4.79 Å². The third kappa shape index (κ3) is 3.10. The number of carbonyl (C=O) groups is 1. The Balaban J connectivity index is 1.77. The number of hydrogen-bond acceptors (Lipinski definition) is 4. The third-order valence-corrected chi connectivity index (χ3v) is 4.20. The number of carboxylic acids is 1. The second-order valence-corrected chi connectivity index (χ2v) is 5.89. The van der Waals surface area contributed by atoms with Crippen LogP contribution >= 0.6 is 0 Å². The zero-order chi connectivity index (χ0) is 15.5. The van der Waals surface area contributed by atoms with Gasteiger partial charge in [-0.1, -0.05) is 12.1 Å². The van der Waals surface area contributed by atoms with Crippen LogP contribution in [-0.2, 0) is 11.2 Å². The number of aromatic nitrogens is 3. The van der Waals surface area contributed by atoms with Crippen LogP contribution in [0.15, 0.2) is 30.5 Å². The van der Waals surface area contributed by atoms with Gasteiger partial charge in [-0.2, -0.15) is 0 Å². The van der Waals surface area contributed by atoms with Crippen molar-refractivity contribution in [3.8, 4) is 5.69 Å². The van der Waals surface area contributed by atoms with Crippen LogP contribution in [0.25, 0.3) is 5.69 Å². The zero-order valence-electron chi connectivity index (χ0n) is 12.6. The number of piperidine rings is 1. The molecular weight excluding hydrogens is 280 g/mol. The van der Waals surface area contributed by atoms with Gasteiger partial charge in [0, 0.05) is 18.8 Å². The van der Waals surface area contributed by atoms with E-state index in [0.717, 1.165) is 24.7 Å². The molecule has 0 saturated carbocycles. The minimum absolute atomic E-state index is 0.0846. The van der Waals surface area contributed by atoms with Crippen molar-refractivity contribution in [2.75, 3.05) is 18.0 Å². The Hall–Kier alpha value is -2.37. The molecule has 1 saturated heterocycles. The van der Waals surface area contributed by atoms with E-state index in [4.69, 9.17) is 5.11 Å². The Kier molecular flexibility index (Phi) is 4.09. The molecule has 0 unspecified atom stereocenters. The number of hydrogen-bond donors (Lipinski definition) is 1. The van der Waals surface area contributed by atoms with Crippen LogP contribution in [0.1, 0.15) is 25.5 Å². The van der Waals surface area contributed by atoms with Gasteiger partial charge in [0.15, 0.2) is 0 Å². The van der Waals surface area contributed by atoms with Gasteiger partial charge in [0.05, 0.1) is 24.0 Å². The predicted octanol–water partition coefficient (Wildman–Crippen LogP) is 2.13. The third-order valence-electron chi connectivity index (χ3n) is 4.20. The number of carboxylic acid groups (broad SMARTS) is 1. The lowest BCUT2D eigenvalue weighted by atomic mass is 9.99. The monoisotopic (exact) mass is 300 g/mol. The molecule has 1 aliphatic heterocycles. The molecule has 2 heterocycles. The van der Waals surface area contributed by atoms with Crippen molar-refractivity contribution >= 4 is 11.7 Å². The van der Waals surface area contributed by atoms with E-state index in [1.165, 1.54) is 24.7 Å². The van der Waals surface area contributed by atoms with Gasteiger partial charge in [-0.15, -0.1) is 5.10 Å². The van der Waals surface area contributed by atoms with E-state index in [1.807, 2.05) is 12.1 Å². The van der Waals surface area contributed by atoms with Crippen LogP contribution in [0.3, 0.4) is 0 Å². The molecule has 1 aromatic heterocycles. The van der Waals surface area contributed by atoms with Crippen molar-refractivity contribution in [1.82, 2.24) is 15.0 Å². The van der Waals surface area contributed by atoms with Crippen molar-refractivity contribution in [1.29, 1.82) is 0 Å². The summed E-state index contributed by atoms with van der Waals surface area (Å²) in [6.45, 7) is 4.48. The van der Waals surface area contributed by atoms with E-state index < -0.39 is 5.97 Å². The van der Waals surface area contributed by atoms with Crippen LogP contribution in [0, 0.1) is 5.92 Å². The van der Waals surface area contributed by atoms with Gasteiger partial charge < -0.3 is 10.0 Å². The van der Waals surface area contributed by atoms with Crippen LogP contribution in [-0.4, -0.2) is 39.2 Å². The van der Waals surface area contributed by atoms with Gasteiger partial charge in [-0.25, -0.2) is 4.68 Å². The van der Waals surface area contributed by atoms with Gasteiger partial charge in [0.2, 0.25) is 0 Å². The van der Waals surface area contributed by atoms with E-state index in [1.54, 1.807) is 4.68 Å². The second-order valence-electron chi connectivity index (χ2n) is 5.89. The Morgan fingerprint density at radius 1 is 1.23 bits per heavy atom. The summed E-state index contributed by atoms with van der Waals surface area (Å²) in [5, 5.41) is 16.7. The maximum atomic E-state index is 10.9. The average molecular weight is 300 g/mol. The molecule has 22 heavy (non-hydrogen) atoms. The highest BCUT2D eigenvalue weighted by atomic mass is 16.4. The highest BCUT2D eigenvalue weighted by Crippen LogP contribution is 2.24. The quantitative estimate of drug-likeness (QED) is 0.936. The van der Waals surface area contributed by atoms with Gasteiger partial charge >= 0.3 is 5.97 Å². The number of aliphatic carboxylic acids is 1. The highest BCUT2D eigenvalue weighted by molar-refractivity contribution is 5.69. The van der Waals surface area contributed by atoms with Crippen molar-refractivity contribution in [3.05, 3.63) is 36.2 Å². The lowest BCUT2D eigenvalue weighted by Crippen LogP contribution is -2.32. The van der Waals surface area contributed by atoms with Crippen LogP contribution < -0.4 is 4.90 Å². The summed E-state index contributed by atoms with van der Waals surface area (Å²) in [6.07, 6.45) is 3.87. The lowest BCUT2D eigenvalue weighted by Gasteiger charge is -2.32. The Bertz CT molecular complexity index is 642. The molecule has 6 nitrogen and oxygen atoms in total. The average Bonchev–Trinajstić information content (AvgIpc) is 2.95. The topological polar surface area (TPSA) is 71.2 Å². The molecule has 0 amide bonds. The number of nitrogens with zero attached hydrogens (tertiary/aromatic N) is 4. The van der Waals surface area contributed by atoms with Crippen LogP contribution in [0.2, 0.25) is 0 Å². The Morgan fingerprint density at radius 3 is 2.50 bits per heavy atom. The van der Waals surface area contributed by atoms with Gasteiger partial charge in [0.25, 0.3) is 0 Å². The number of rotatable bonds is 4. The largest absolute Gasteiger partial charge is 0.481 e. The Morgan fingerprint density at radius 2 is 1.86 bits per heavy atom.